The predicted octanol–water partition coefficient (Wildman–Crippen LogP) is 2.56. The third-order valence-corrected chi connectivity index (χ3v) is 4.27. The summed E-state index contributed by atoms with van der Waals surface area (Å²) < 4.78 is 19.2. The van der Waals surface area contributed by atoms with Crippen LogP contribution in [0.25, 0.3) is 0 Å². The van der Waals surface area contributed by atoms with Gasteiger partial charge in [0.25, 0.3) is 0 Å². The van der Waals surface area contributed by atoms with Crippen LogP contribution in [0.3, 0.4) is 0 Å². The summed E-state index contributed by atoms with van der Waals surface area (Å²) in [5, 5.41) is 19.0. The van der Waals surface area contributed by atoms with E-state index in [1.807, 2.05) is 0 Å². The number of carboxylic acids is 2. The number of hydrogen-bond acceptors (Lipinski definition) is 10. The maximum atomic E-state index is 12.4. The Hall–Kier alpha value is -5.26. The Bertz CT molecular complexity index is 1210. The smallest absolute Gasteiger partial charge is 0.339 e. The lowest BCUT2D eigenvalue weighted by Gasteiger charge is -2.08. The molecule has 0 aromatic heterocycles. The van der Waals surface area contributed by atoms with Crippen molar-refractivity contribution in [1.82, 2.24) is 0 Å². The molecule has 0 spiro atoms. The maximum absolute atomic E-state index is 12.4. The van der Waals surface area contributed by atoms with Crippen LogP contribution >= 0.6 is 0 Å². The fraction of sp³-hybridized carbons (Fsp3) is 0.214. The predicted molar refractivity (Wildman–Crippen MR) is 141 cm³/mol. The second kappa shape index (κ2) is 18.1. The van der Waals surface area contributed by atoms with Gasteiger partial charge in [0, 0.05) is 17.2 Å². The summed E-state index contributed by atoms with van der Waals surface area (Å²) in [5.41, 5.74) is -1.22. The number of esters is 4. The number of carbonyl (C=O) groups excluding carboxylic acids is 4. The van der Waals surface area contributed by atoms with Crippen molar-refractivity contribution in [1.29, 1.82) is 0 Å². The number of allylic oxidation sites excluding steroid dienone is 3. The lowest BCUT2D eigenvalue weighted by atomic mass is 10.0. The summed E-state index contributed by atoms with van der Waals surface area (Å²) in [6, 6.07) is 0. The van der Waals surface area contributed by atoms with Gasteiger partial charge in [-0.1, -0.05) is 44.5 Å². The van der Waals surface area contributed by atoms with Crippen LogP contribution in [0.15, 0.2) is 96.2 Å². The SMILES string of the molecule is C=C\C(C(=O)OCCOC(=O)C(=C)C)=C(/C=C/C(C=C)=C/C(=C/C(=O)OCCOC(=O)C(=C)C)C(=O)O)C(=O)O. The van der Waals surface area contributed by atoms with Gasteiger partial charge in [-0.25, -0.2) is 28.8 Å². The van der Waals surface area contributed by atoms with Crippen LogP contribution in [0.2, 0.25) is 0 Å². The number of aliphatic carboxylic acids is 2. The zero-order valence-electron chi connectivity index (χ0n) is 22.1. The Morgan fingerprint density at radius 2 is 1.10 bits per heavy atom. The van der Waals surface area contributed by atoms with Gasteiger partial charge in [0.1, 0.15) is 26.4 Å². The minimum Gasteiger partial charge on any atom is -0.478 e. The summed E-state index contributed by atoms with van der Waals surface area (Å²) in [5.74, 6) is -6.56. The molecule has 0 fully saturated rings. The summed E-state index contributed by atoms with van der Waals surface area (Å²) in [6.45, 7) is 15.3. The molecule has 0 radical (unpaired) electrons. The van der Waals surface area contributed by atoms with Crippen molar-refractivity contribution in [2.75, 3.05) is 26.4 Å². The van der Waals surface area contributed by atoms with Crippen LogP contribution < -0.4 is 0 Å². The van der Waals surface area contributed by atoms with Crippen molar-refractivity contribution in [2.45, 2.75) is 13.8 Å². The first-order valence-electron chi connectivity index (χ1n) is 11.3. The molecule has 0 amide bonds. The fourth-order valence-corrected chi connectivity index (χ4v) is 2.32. The van der Waals surface area contributed by atoms with E-state index in [2.05, 4.69) is 26.3 Å². The Kier molecular flexibility index (Phi) is 15.7. The first-order chi connectivity index (χ1) is 18.7. The van der Waals surface area contributed by atoms with Crippen LogP contribution in [-0.4, -0.2) is 72.5 Å². The van der Waals surface area contributed by atoms with E-state index >= 15 is 0 Å². The monoisotopic (exact) mass is 558 g/mol. The molecule has 0 heterocycles. The number of carbonyl (C=O) groups is 6. The average Bonchev–Trinajstić information content (AvgIpc) is 2.88. The largest absolute Gasteiger partial charge is 0.478 e. The normalized spacial score (nSPS) is 11.9. The van der Waals surface area contributed by atoms with Gasteiger partial charge >= 0.3 is 35.8 Å². The third-order valence-electron chi connectivity index (χ3n) is 4.27. The molecule has 0 aromatic rings. The molecule has 12 nitrogen and oxygen atoms in total. The molecule has 40 heavy (non-hydrogen) atoms. The van der Waals surface area contributed by atoms with E-state index in [0.717, 1.165) is 30.4 Å². The lowest BCUT2D eigenvalue weighted by molar-refractivity contribution is -0.147. The molecule has 0 bridgehead atoms. The highest BCUT2D eigenvalue weighted by Crippen LogP contribution is 2.14. The highest BCUT2D eigenvalue weighted by Gasteiger charge is 2.18. The molecule has 0 rings (SSSR count). The van der Waals surface area contributed by atoms with E-state index in [-0.39, 0.29) is 43.1 Å². The van der Waals surface area contributed by atoms with Crippen LogP contribution in [0.4, 0.5) is 0 Å². The second-order valence-corrected chi connectivity index (χ2v) is 7.56. The van der Waals surface area contributed by atoms with Gasteiger partial charge in [0.05, 0.1) is 16.7 Å². The Morgan fingerprint density at radius 3 is 1.50 bits per heavy atom. The van der Waals surface area contributed by atoms with Crippen molar-refractivity contribution in [2.24, 2.45) is 0 Å². The van der Waals surface area contributed by atoms with E-state index in [1.54, 1.807) is 0 Å². The quantitative estimate of drug-likeness (QED) is 0.0877. The van der Waals surface area contributed by atoms with Gasteiger partial charge in [0.15, 0.2) is 0 Å². The summed E-state index contributed by atoms with van der Waals surface area (Å²) >= 11 is 0. The first-order valence-corrected chi connectivity index (χ1v) is 11.3. The van der Waals surface area contributed by atoms with Crippen molar-refractivity contribution in [3.05, 3.63) is 96.2 Å². The van der Waals surface area contributed by atoms with Crippen molar-refractivity contribution in [3.8, 4) is 0 Å². The molecule has 0 unspecified atom stereocenters. The molecule has 0 saturated carbocycles. The van der Waals surface area contributed by atoms with Gasteiger partial charge in [-0.3, -0.25) is 0 Å². The zero-order chi connectivity index (χ0) is 30.8. The molecule has 12 heteroatoms. The second-order valence-electron chi connectivity index (χ2n) is 7.56. The van der Waals surface area contributed by atoms with Gasteiger partial charge in [-0.2, -0.15) is 0 Å². The van der Waals surface area contributed by atoms with Crippen molar-refractivity contribution in [3.63, 3.8) is 0 Å². The van der Waals surface area contributed by atoms with Crippen LogP contribution in [0.1, 0.15) is 13.8 Å². The summed E-state index contributed by atoms with van der Waals surface area (Å²) in [4.78, 5) is 70.4. The molecular formula is C28H30O12. The molecule has 0 aliphatic rings. The fourth-order valence-electron chi connectivity index (χ4n) is 2.32. The van der Waals surface area contributed by atoms with Crippen molar-refractivity contribution >= 4 is 35.8 Å². The Morgan fingerprint density at radius 1 is 0.625 bits per heavy atom. The standard InChI is InChI=1S/C28H30O12/c1-7-19(15-20(24(30)31)16-23(29)37-11-12-38-26(34)17(3)4)9-10-22(25(32)33)21(8-2)28(36)40-14-13-39-27(35)18(5)6/h7-10,15-16H,1-3,5,11-14H2,4,6H3,(H,30,31)(H,32,33)/b10-9+,19-15+,20-16-,22-21-. The van der Waals surface area contributed by atoms with Crippen LogP contribution in [0, 0.1) is 0 Å². The minimum atomic E-state index is -1.54. The molecule has 0 aliphatic heterocycles. The molecule has 0 aromatic carbocycles. The third kappa shape index (κ3) is 13.3. The topological polar surface area (TPSA) is 180 Å². The van der Waals surface area contributed by atoms with E-state index < -0.39 is 52.5 Å². The van der Waals surface area contributed by atoms with Gasteiger partial charge in [0.2, 0.25) is 0 Å². The zero-order valence-corrected chi connectivity index (χ0v) is 22.1. The van der Waals surface area contributed by atoms with Gasteiger partial charge in [-0.15, -0.1) is 0 Å². The van der Waals surface area contributed by atoms with Gasteiger partial charge in [-0.05, 0) is 31.6 Å². The lowest BCUT2D eigenvalue weighted by Crippen LogP contribution is -2.17. The number of rotatable bonds is 17. The van der Waals surface area contributed by atoms with E-state index in [1.165, 1.54) is 13.8 Å². The number of carboxylic acid groups (broad SMARTS) is 2. The molecule has 0 aliphatic carbocycles. The number of ether oxygens (including phenoxy) is 4. The van der Waals surface area contributed by atoms with E-state index in [0.29, 0.717) is 6.08 Å². The minimum absolute atomic E-state index is 0.0408. The summed E-state index contributed by atoms with van der Waals surface area (Å²) in [7, 11) is 0. The molecule has 2 N–H and O–H groups in total. The van der Waals surface area contributed by atoms with Crippen LogP contribution in [-0.2, 0) is 47.7 Å². The molecular weight excluding hydrogens is 528 g/mol. The molecule has 0 saturated heterocycles. The first kappa shape index (κ1) is 34.7. The van der Waals surface area contributed by atoms with Crippen molar-refractivity contribution < 1.29 is 57.9 Å². The summed E-state index contributed by atoms with van der Waals surface area (Å²) in [6.07, 6.45) is 5.86. The highest BCUT2D eigenvalue weighted by molar-refractivity contribution is 6.03. The maximum Gasteiger partial charge on any atom is 0.339 e. The number of hydrogen-bond donors (Lipinski definition) is 2. The van der Waals surface area contributed by atoms with Crippen LogP contribution in [0.5, 0.6) is 0 Å². The average molecular weight is 559 g/mol. The van der Waals surface area contributed by atoms with E-state index in [4.69, 9.17) is 18.9 Å². The molecule has 0 atom stereocenters. The van der Waals surface area contributed by atoms with Gasteiger partial charge < -0.3 is 29.2 Å². The Labute approximate surface area is 230 Å². The van der Waals surface area contributed by atoms with E-state index in [9.17, 15) is 39.0 Å². The highest BCUT2D eigenvalue weighted by atomic mass is 16.6. The Balaban J connectivity index is 5.72. The molecule has 214 valence electrons.